The van der Waals surface area contributed by atoms with Gasteiger partial charge in [-0.2, -0.15) is 18.2 Å². The fourth-order valence-electron chi connectivity index (χ4n) is 2.52. The molecule has 0 aliphatic rings. The fourth-order valence-corrected chi connectivity index (χ4v) is 2.52. The van der Waals surface area contributed by atoms with Crippen molar-refractivity contribution in [1.82, 2.24) is 9.97 Å². The summed E-state index contributed by atoms with van der Waals surface area (Å²) in [6.45, 7) is 5.50. The van der Waals surface area contributed by atoms with E-state index in [4.69, 9.17) is 4.74 Å². The van der Waals surface area contributed by atoms with Crippen LogP contribution in [0.25, 0.3) is 0 Å². The Morgan fingerprint density at radius 2 is 1.57 bits per heavy atom. The van der Waals surface area contributed by atoms with E-state index in [1.165, 1.54) is 24.3 Å². The van der Waals surface area contributed by atoms with Gasteiger partial charge < -0.3 is 15.4 Å². The van der Waals surface area contributed by atoms with Gasteiger partial charge in [0.1, 0.15) is 28.5 Å². The Morgan fingerprint density at radius 3 is 2.20 bits per heavy atom. The van der Waals surface area contributed by atoms with Gasteiger partial charge in [-0.1, -0.05) is 12.1 Å². The predicted molar refractivity (Wildman–Crippen MR) is 107 cm³/mol. The number of ether oxygens (including phenoxy) is 1. The van der Waals surface area contributed by atoms with Crippen molar-refractivity contribution in [3.63, 3.8) is 0 Å². The van der Waals surface area contributed by atoms with Gasteiger partial charge in [0, 0.05) is 11.9 Å². The van der Waals surface area contributed by atoms with Crippen LogP contribution in [0.5, 0.6) is 5.75 Å². The van der Waals surface area contributed by atoms with Crippen LogP contribution in [-0.2, 0) is 6.18 Å². The zero-order valence-corrected chi connectivity index (χ0v) is 16.5. The largest absolute Gasteiger partial charge is 0.486 e. The minimum absolute atomic E-state index is 0.0775. The highest BCUT2D eigenvalue weighted by atomic mass is 19.4. The van der Waals surface area contributed by atoms with Crippen molar-refractivity contribution in [1.29, 1.82) is 0 Å². The minimum atomic E-state index is -4.67. The molecular weight excluding hydrogens is 400 g/mol. The molecule has 0 saturated heterocycles. The summed E-state index contributed by atoms with van der Waals surface area (Å²) in [5.41, 5.74) is -0.827. The molecule has 0 radical (unpaired) electrons. The summed E-state index contributed by atoms with van der Waals surface area (Å²) in [7, 11) is 0. The zero-order valence-electron chi connectivity index (χ0n) is 16.5. The van der Waals surface area contributed by atoms with Crippen molar-refractivity contribution >= 4 is 23.1 Å². The average molecular weight is 420 g/mol. The topological polar surface area (TPSA) is 59.1 Å². The van der Waals surface area contributed by atoms with Crippen molar-refractivity contribution in [2.24, 2.45) is 0 Å². The Morgan fingerprint density at radius 1 is 0.900 bits per heavy atom. The highest BCUT2D eigenvalue weighted by Gasteiger charge is 2.35. The molecule has 0 unspecified atom stereocenters. The van der Waals surface area contributed by atoms with Gasteiger partial charge in [0.25, 0.3) is 0 Å². The Kier molecular flexibility index (Phi) is 5.82. The third kappa shape index (κ3) is 5.59. The van der Waals surface area contributed by atoms with Crippen molar-refractivity contribution in [2.45, 2.75) is 32.5 Å². The van der Waals surface area contributed by atoms with Crippen LogP contribution in [0.1, 0.15) is 26.3 Å². The quantitative estimate of drug-likeness (QED) is 0.475. The second-order valence-corrected chi connectivity index (χ2v) is 7.42. The molecule has 1 aromatic heterocycles. The Bertz CT molecular complexity index is 1010. The maximum Gasteiger partial charge on any atom is 0.421 e. The van der Waals surface area contributed by atoms with Crippen molar-refractivity contribution in [3.8, 4) is 5.75 Å². The number of alkyl halides is 3. The highest BCUT2D eigenvalue weighted by molar-refractivity contribution is 5.67. The molecule has 0 aliphatic carbocycles. The average Bonchev–Trinajstić information content (AvgIpc) is 2.63. The number of anilines is 4. The molecular formula is C21H20F4N4O. The predicted octanol–water partition coefficient (Wildman–Crippen LogP) is 6.30. The summed E-state index contributed by atoms with van der Waals surface area (Å²) in [4.78, 5) is 7.73. The molecule has 0 spiro atoms. The lowest BCUT2D eigenvalue weighted by atomic mass is 10.2. The third-order valence-electron chi connectivity index (χ3n) is 3.75. The summed E-state index contributed by atoms with van der Waals surface area (Å²) in [6.07, 6.45) is -3.98. The molecule has 0 fully saturated rings. The van der Waals surface area contributed by atoms with E-state index in [9.17, 15) is 17.6 Å². The summed E-state index contributed by atoms with van der Waals surface area (Å²) >= 11 is 0. The Labute approximate surface area is 171 Å². The molecule has 2 N–H and O–H groups in total. The van der Waals surface area contributed by atoms with Crippen molar-refractivity contribution in [3.05, 3.63) is 66.1 Å². The third-order valence-corrected chi connectivity index (χ3v) is 3.75. The number of nitrogens with zero attached hydrogens (tertiary/aromatic N) is 2. The summed E-state index contributed by atoms with van der Waals surface area (Å²) in [5, 5.41) is 5.47. The van der Waals surface area contributed by atoms with Crippen molar-refractivity contribution < 1.29 is 22.3 Å². The first kappa shape index (κ1) is 21.4. The Hall–Kier alpha value is -3.36. The van der Waals surface area contributed by atoms with E-state index >= 15 is 0 Å². The van der Waals surface area contributed by atoms with Crippen LogP contribution in [0.2, 0.25) is 0 Å². The first-order valence-electron chi connectivity index (χ1n) is 9.03. The minimum Gasteiger partial charge on any atom is -0.486 e. The molecule has 2 aromatic carbocycles. The van der Waals surface area contributed by atoms with Crippen LogP contribution in [0.3, 0.4) is 0 Å². The summed E-state index contributed by atoms with van der Waals surface area (Å²) < 4.78 is 59.4. The SMILES string of the molecule is CC(C)(C)Oc1ccccc1Nc1nc(Nc2ccc(F)cc2)ncc1C(F)(F)F. The van der Waals surface area contributed by atoms with Crippen LogP contribution in [0.4, 0.5) is 40.7 Å². The number of rotatable bonds is 5. The van der Waals surface area contributed by atoms with Gasteiger partial charge in [-0.25, -0.2) is 9.37 Å². The first-order chi connectivity index (χ1) is 14.0. The number of hydrogen-bond acceptors (Lipinski definition) is 5. The van der Waals surface area contributed by atoms with Crippen LogP contribution in [-0.4, -0.2) is 15.6 Å². The van der Waals surface area contributed by atoms with E-state index in [2.05, 4.69) is 20.6 Å². The molecule has 30 heavy (non-hydrogen) atoms. The number of aromatic nitrogens is 2. The number of para-hydroxylation sites is 2. The highest BCUT2D eigenvalue weighted by Crippen LogP contribution is 2.37. The number of halogens is 4. The first-order valence-corrected chi connectivity index (χ1v) is 9.03. The normalized spacial score (nSPS) is 11.8. The van der Waals surface area contributed by atoms with Gasteiger partial charge in [-0.15, -0.1) is 0 Å². The second-order valence-electron chi connectivity index (χ2n) is 7.42. The van der Waals surface area contributed by atoms with E-state index < -0.39 is 29.0 Å². The molecule has 158 valence electrons. The fraction of sp³-hybridized carbons (Fsp3) is 0.238. The maximum atomic E-state index is 13.5. The van der Waals surface area contributed by atoms with E-state index in [1.807, 2.05) is 20.8 Å². The van der Waals surface area contributed by atoms with Crippen LogP contribution in [0, 0.1) is 5.82 Å². The molecule has 1 heterocycles. The molecule has 0 bridgehead atoms. The van der Waals surface area contributed by atoms with E-state index in [1.54, 1.807) is 24.3 Å². The van der Waals surface area contributed by atoms with Gasteiger partial charge in [0.15, 0.2) is 0 Å². The monoisotopic (exact) mass is 420 g/mol. The van der Waals surface area contributed by atoms with Crippen LogP contribution >= 0.6 is 0 Å². The number of hydrogen-bond donors (Lipinski definition) is 2. The molecule has 3 aromatic rings. The number of nitrogens with one attached hydrogen (secondary N) is 2. The van der Waals surface area contributed by atoms with E-state index in [-0.39, 0.29) is 5.95 Å². The number of benzene rings is 2. The van der Waals surface area contributed by atoms with E-state index in [0.29, 0.717) is 23.3 Å². The van der Waals surface area contributed by atoms with Gasteiger partial charge in [0.2, 0.25) is 5.95 Å². The summed E-state index contributed by atoms with van der Waals surface area (Å²) in [6, 6.07) is 11.9. The van der Waals surface area contributed by atoms with Crippen LogP contribution < -0.4 is 15.4 Å². The lowest BCUT2D eigenvalue weighted by Crippen LogP contribution is -2.23. The molecule has 3 rings (SSSR count). The van der Waals surface area contributed by atoms with Gasteiger partial charge in [-0.05, 0) is 57.2 Å². The molecule has 0 atom stereocenters. The second kappa shape index (κ2) is 8.17. The standard InChI is InChI=1S/C21H20F4N4O/c1-20(2,3)30-17-7-5-4-6-16(17)28-18-15(21(23,24)25)12-26-19(29-18)27-14-10-8-13(22)9-11-14/h4-12H,1-3H3,(H2,26,27,28,29). The molecule has 0 saturated carbocycles. The van der Waals surface area contributed by atoms with Crippen molar-refractivity contribution in [2.75, 3.05) is 10.6 Å². The van der Waals surface area contributed by atoms with Gasteiger partial charge in [-0.3, -0.25) is 0 Å². The summed E-state index contributed by atoms with van der Waals surface area (Å²) in [5.74, 6) is -0.574. The zero-order chi connectivity index (χ0) is 21.9. The smallest absolute Gasteiger partial charge is 0.421 e. The molecule has 0 aliphatic heterocycles. The van der Waals surface area contributed by atoms with Crippen LogP contribution in [0.15, 0.2) is 54.7 Å². The molecule has 9 heteroatoms. The van der Waals surface area contributed by atoms with Gasteiger partial charge in [0.05, 0.1) is 5.69 Å². The molecule has 0 amide bonds. The lowest BCUT2D eigenvalue weighted by molar-refractivity contribution is -0.137. The van der Waals surface area contributed by atoms with Gasteiger partial charge >= 0.3 is 6.18 Å². The molecule has 5 nitrogen and oxygen atoms in total. The lowest BCUT2D eigenvalue weighted by Gasteiger charge is -2.24. The van der Waals surface area contributed by atoms with E-state index in [0.717, 1.165) is 0 Å². The Balaban J connectivity index is 1.97. The maximum absolute atomic E-state index is 13.5.